The lowest BCUT2D eigenvalue weighted by Gasteiger charge is -2.10. The van der Waals surface area contributed by atoms with Crippen molar-refractivity contribution in [1.82, 2.24) is 9.55 Å². The lowest BCUT2D eigenvalue weighted by atomic mass is 10.3. The first-order chi connectivity index (χ1) is 7.36. The number of aliphatic hydroxyl groups is 1. The SMILES string of the molecule is COc1ccccc1-n1cncc1CO. The van der Waals surface area contributed by atoms with E-state index in [1.54, 1.807) is 24.2 Å². The molecular weight excluding hydrogens is 192 g/mol. The molecule has 0 spiro atoms. The summed E-state index contributed by atoms with van der Waals surface area (Å²) in [5, 5.41) is 9.13. The van der Waals surface area contributed by atoms with Gasteiger partial charge in [0, 0.05) is 0 Å². The van der Waals surface area contributed by atoms with Gasteiger partial charge >= 0.3 is 0 Å². The normalized spacial score (nSPS) is 10.3. The van der Waals surface area contributed by atoms with Crippen LogP contribution in [0.1, 0.15) is 5.69 Å². The van der Waals surface area contributed by atoms with Crippen molar-refractivity contribution in [3.05, 3.63) is 42.5 Å². The van der Waals surface area contributed by atoms with Crippen molar-refractivity contribution in [3.63, 3.8) is 0 Å². The van der Waals surface area contributed by atoms with Crippen LogP contribution in [0.3, 0.4) is 0 Å². The molecular formula is C11H12N2O2. The molecule has 0 radical (unpaired) electrons. The summed E-state index contributed by atoms with van der Waals surface area (Å²) in [5.74, 6) is 0.755. The largest absolute Gasteiger partial charge is 0.495 e. The summed E-state index contributed by atoms with van der Waals surface area (Å²) in [7, 11) is 1.62. The number of hydrogen-bond donors (Lipinski definition) is 1. The number of para-hydroxylation sites is 2. The Balaban J connectivity index is 2.53. The number of hydrogen-bond acceptors (Lipinski definition) is 3. The van der Waals surface area contributed by atoms with Gasteiger partial charge in [-0.25, -0.2) is 4.98 Å². The second-order valence-corrected chi connectivity index (χ2v) is 3.08. The Morgan fingerprint density at radius 3 is 2.93 bits per heavy atom. The highest BCUT2D eigenvalue weighted by Crippen LogP contribution is 2.23. The molecule has 0 saturated heterocycles. The third-order valence-electron chi connectivity index (χ3n) is 2.22. The molecule has 15 heavy (non-hydrogen) atoms. The fourth-order valence-electron chi connectivity index (χ4n) is 1.49. The van der Waals surface area contributed by atoms with Gasteiger partial charge in [0.05, 0.1) is 37.6 Å². The Morgan fingerprint density at radius 2 is 2.20 bits per heavy atom. The Bertz CT molecular complexity index is 451. The zero-order valence-corrected chi connectivity index (χ0v) is 8.42. The number of rotatable bonds is 3. The Kier molecular flexibility index (Phi) is 2.69. The van der Waals surface area contributed by atoms with Gasteiger partial charge in [-0.05, 0) is 12.1 Å². The summed E-state index contributed by atoms with van der Waals surface area (Å²) in [6.45, 7) is -0.0436. The van der Waals surface area contributed by atoms with E-state index in [4.69, 9.17) is 9.84 Å². The number of aliphatic hydroxyl groups excluding tert-OH is 1. The number of ether oxygens (including phenoxy) is 1. The van der Waals surface area contributed by atoms with Gasteiger partial charge in [0.1, 0.15) is 5.75 Å². The molecule has 1 N–H and O–H groups in total. The number of imidazole rings is 1. The van der Waals surface area contributed by atoms with E-state index in [1.165, 1.54) is 0 Å². The highest BCUT2D eigenvalue weighted by molar-refractivity contribution is 5.47. The quantitative estimate of drug-likeness (QED) is 0.821. The van der Waals surface area contributed by atoms with Gasteiger partial charge in [-0.2, -0.15) is 0 Å². The van der Waals surface area contributed by atoms with E-state index >= 15 is 0 Å². The van der Waals surface area contributed by atoms with E-state index < -0.39 is 0 Å². The molecule has 0 atom stereocenters. The van der Waals surface area contributed by atoms with Crippen LogP contribution < -0.4 is 4.74 Å². The van der Waals surface area contributed by atoms with E-state index in [1.807, 2.05) is 24.3 Å². The second kappa shape index (κ2) is 4.14. The predicted octanol–water partition coefficient (Wildman–Crippen LogP) is 1.37. The van der Waals surface area contributed by atoms with Crippen LogP contribution in [0.15, 0.2) is 36.8 Å². The maximum absolute atomic E-state index is 9.13. The Morgan fingerprint density at radius 1 is 1.40 bits per heavy atom. The molecule has 4 nitrogen and oxygen atoms in total. The average Bonchev–Trinajstić information content (AvgIpc) is 2.76. The lowest BCUT2D eigenvalue weighted by molar-refractivity contribution is 0.274. The molecule has 0 aliphatic carbocycles. The van der Waals surface area contributed by atoms with Crippen molar-refractivity contribution in [2.24, 2.45) is 0 Å². The Hall–Kier alpha value is -1.81. The van der Waals surface area contributed by atoms with Crippen molar-refractivity contribution in [2.45, 2.75) is 6.61 Å². The molecule has 2 aromatic rings. The highest BCUT2D eigenvalue weighted by atomic mass is 16.5. The van der Waals surface area contributed by atoms with Gasteiger partial charge in [-0.1, -0.05) is 12.1 Å². The standard InChI is InChI=1S/C11H12N2O2/c1-15-11-5-3-2-4-10(11)13-8-12-6-9(13)7-14/h2-6,8,14H,7H2,1H3. The number of methoxy groups -OCH3 is 1. The molecule has 1 heterocycles. The van der Waals surface area contributed by atoms with E-state index in [9.17, 15) is 0 Å². The van der Waals surface area contributed by atoms with Crippen LogP contribution in [0, 0.1) is 0 Å². The van der Waals surface area contributed by atoms with Gasteiger partial charge in [-0.15, -0.1) is 0 Å². The third kappa shape index (κ3) is 1.71. The molecule has 4 heteroatoms. The zero-order chi connectivity index (χ0) is 10.7. The van der Waals surface area contributed by atoms with E-state index in [0.29, 0.717) is 0 Å². The third-order valence-corrected chi connectivity index (χ3v) is 2.22. The summed E-state index contributed by atoms with van der Waals surface area (Å²) in [5.41, 5.74) is 1.61. The predicted molar refractivity (Wildman–Crippen MR) is 56.0 cm³/mol. The molecule has 0 fully saturated rings. The van der Waals surface area contributed by atoms with Crippen LogP contribution in [0.4, 0.5) is 0 Å². The maximum Gasteiger partial charge on any atom is 0.142 e. The molecule has 1 aromatic heterocycles. The van der Waals surface area contributed by atoms with Crippen LogP contribution in [0.2, 0.25) is 0 Å². The summed E-state index contributed by atoms with van der Waals surface area (Å²) in [6.07, 6.45) is 3.29. The van der Waals surface area contributed by atoms with Crippen LogP contribution in [0.5, 0.6) is 5.75 Å². The minimum absolute atomic E-state index is 0.0436. The second-order valence-electron chi connectivity index (χ2n) is 3.08. The van der Waals surface area contributed by atoms with Crippen LogP contribution in [0.25, 0.3) is 5.69 Å². The molecule has 2 rings (SSSR count). The summed E-state index contributed by atoms with van der Waals surface area (Å²) < 4.78 is 7.04. The van der Waals surface area contributed by atoms with Crippen molar-refractivity contribution in [1.29, 1.82) is 0 Å². The smallest absolute Gasteiger partial charge is 0.142 e. The fourth-order valence-corrected chi connectivity index (χ4v) is 1.49. The summed E-state index contributed by atoms with van der Waals surface area (Å²) in [4.78, 5) is 3.99. The van der Waals surface area contributed by atoms with E-state index in [-0.39, 0.29) is 6.61 Å². The van der Waals surface area contributed by atoms with Crippen molar-refractivity contribution in [2.75, 3.05) is 7.11 Å². The van der Waals surface area contributed by atoms with Crippen LogP contribution >= 0.6 is 0 Å². The lowest BCUT2D eigenvalue weighted by Crippen LogP contribution is -2.00. The monoisotopic (exact) mass is 204 g/mol. The van der Waals surface area contributed by atoms with E-state index in [0.717, 1.165) is 17.1 Å². The molecule has 0 aliphatic rings. The minimum Gasteiger partial charge on any atom is -0.495 e. The topological polar surface area (TPSA) is 47.3 Å². The molecule has 0 bridgehead atoms. The minimum atomic E-state index is -0.0436. The Labute approximate surface area is 87.8 Å². The van der Waals surface area contributed by atoms with Crippen LogP contribution in [-0.2, 0) is 6.61 Å². The number of benzene rings is 1. The number of nitrogens with zero attached hydrogens (tertiary/aromatic N) is 2. The van der Waals surface area contributed by atoms with Gasteiger partial charge in [0.15, 0.2) is 0 Å². The van der Waals surface area contributed by atoms with Gasteiger partial charge < -0.3 is 9.84 Å². The molecule has 78 valence electrons. The zero-order valence-electron chi connectivity index (χ0n) is 8.42. The molecule has 0 aliphatic heterocycles. The van der Waals surface area contributed by atoms with E-state index in [2.05, 4.69) is 4.98 Å². The van der Waals surface area contributed by atoms with Gasteiger partial charge in [-0.3, -0.25) is 4.57 Å². The summed E-state index contributed by atoms with van der Waals surface area (Å²) >= 11 is 0. The average molecular weight is 204 g/mol. The fraction of sp³-hybridized carbons (Fsp3) is 0.182. The summed E-state index contributed by atoms with van der Waals surface area (Å²) in [6, 6.07) is 7.60. The van der Waals surface area contributed by atoms with Crippen molar-refractivity contribution < 1.29 is 9.84 Å². The maximum atomic E-state index is 9.13. The first kappa shape index (κ1) is 9.73. The molecule has 0 unspecified atom stereocenters. The number of aromatic nitrogens is 2. The van der Waals surface area contributed by atoms with Crippen molar-refractivity contribution >= 4 is 0 Å². The van der Waals surface area contributed by atoms with Gasteiger partial charge in [0.25, 0.3) is 0 Å². The molecule has 0 saturated carbocycles. The highest BCUT2D eigenvalue weighted by Gasteiger charge is 2.07. The van der Waals surface area contributed by atoms with Gasteiger partial charge in [0.2, 0.25) is 0 Å². The van der Waals surface area contributed by atoms with Crippen LogP contribution in [-0.4, -0.2) is 21.8 Å². The molecule has 1 aromatic carbocycles. The van der Waals surface area contributed by atoms with Crippen molar-refractivity contribution in [3.8, 4) is 11.4 Å². The first-order valence-electron chi connectivity index (χ1n) is 4.62. The first-order valence-corrected chi connectivity index (χ1v) is 4.62. The molecule has 0 amide bonds.